The molecule has 0 saturated carbocycles. The van der Waals surface area contributed by atoms with Crippen molar-refractivity contribution in [2.45, 2.75) is 6.42 Å². The highest BCUT2D eigenvalue weighted by molar-refractivity contribution is 7.17. The fourth-order valence-electron chi connectivity index (χ4n) is 3.17. The van der Waals surface area contributed by atoms with Crippen LogP contribution in [0.1, 0.15) is 16.1 Å². The number of nitrogens with zero attached hydrogens (tertiary/aromatic N) is 3. The van der Waals surface area contributed by atoms with Gasteiger partial charge in [-0.1, -0.05) is 18.2 Å². The number of anilines is 1. The molecule has 5 aromatic rings. The van der Waals surface area contributed by atoms with Crippen LogP contribution in [-0.4, -0.2) is 26.5 Å². The highest BCUT2D eigenvalue weighted by atomic mass is 32.1. The van der Waals surface area contributed by atoms with Gasteiger partial charge >= 0.3 is 0 Å². The van der Waals surface area contributed by atoms with E-state index in [0.717, 1.165) is 4.68 Å². The number of nitrogens with one attached hydrogen (secondary N) is 2. The van der Waals surface area contributed by atoms with E-state index in [0.29, 0.717) is 37.9 Å². The maximum Gasteiger partial charge on any atom is 0.281 e. The lowest BCUT2D eigenvalue weighted by molar-refractivity contribution is -0.116. The first-order chi connectivity index (χ1) is 16.1. The Morgan fingerprint density at radius 1 is 1.06 bits per heavy atom. The van der Waals surface area contributed by atoms with Crippen molar-refractivity contribution in [3.8, 4) is 11.3 Å². The minimum absolute atomic E-state index is 0.0726. The predicted octanol–water partition coefficient (Wildman–Crippen LogP) is 3.74. The van der Waals surface area contributed by atoms with Gasteiger partial charge in [0.15, 0.2) is 5.13 Å². The SMILES string of the molecule is O=C(Cc1csc(NC(=O)c2ccccc2)n1)Nn1cnc2scc(-c3ccco3)c2c1=O. The number of hydrogen-bond acceptors (Lipinski definition) is 8. The van der Waals surface area contributed by atoms with Crippen LogP contribution in [0.25, 0.3) is 21.5 Å². The summed E-state index contributed by atoms with van der Waals surface area (Å²) >= 11 is 2.54. The summed E-state index contributed by atoms with van der Waals surface area (Å²) in [6.07, 6.45) is 2.73. The summed E-state index contributed by atoms with van der Waals surface area (Å²) < 4.78 is 6.46. The number of carbonyl (C=O) groups excluding carboxylic acids is 2. The smallest absolute Gasteiger partial charge is 0.281 e. The van der Waals surface area contributed by atoms with Gasteiger partial charge in [0.1, 0.15) is 16.9 Å². The van der Waals surface area contributed by atoms with Crippen LogP contribution in [0.4, 0.5) is 5.13 Å². The maximum absolute atomic E-state index is 13.0. The van der Waals surface area contributed by atoms with Crippen molar-refractivity contribution in [1.82, 2.24) is 14.6 Å². The van der Waals surface area contributed by atoms with E-state index in [2.05, 4.69) is 20.7 Å². The van der Waals surface area contributed by atoms with Crippen LogP contribution >= 0.6 is 22.7 Å². The number of amides is 2. The van der Waals surface area contributed by atoms with E-state index >= 15 is 0 Å². The number of fused-ring (bicyclic) bond motifs is 1. The minimum Gasteiger partial charge on any atom is -0.464 e. The second-order valence-corrected chi connectivity index (χ2v) is 8.62. The van der Waals surface area contributed by atoms with Crippen LogP contribution in [0.2, 0.25) is 0 Å². The Hall–Kier alpha value is -4.09. The molecule has 164 valence electrons. The molecular weight excluding hydrogens is 462 g/mol. The standard InChI is InChI=1S/C22H15N5O4S2/c28-17(9-14-10-33-22(24-14)25-19(29)13-5-2-1-3-6-13)26-27-12-23-20-18(21(27)30)15(11-32-20)16-7-4-8-31-16/h1-8,10-12H,9H2,(H,26,28)(H,24,25,29). The van der Waals surface area contributed by atoms with E-state index in [1.807, 2.05) is 6.07 Å². The molecular formula is C22H15N5O4S2. The van der Waals surface area contributed by atoms with Gasteiger partial charge in [-0.3, -0.25) is 25.1 Å². The molecule has 0 spiro atoms. The second-order valence-electron chi connectivity index (χ2n) is 6.90. The van der Waals surface area contributed by atoms with Gasteiger partial charge < -0.3 is 4.42 Å². The molecule has 11 heteroatoms. The second kappa shape index (κ2) is 8.81. The predicted molar refractivity (Wildman–Crippen MR) is 126 cm³/mol. The molecule has 0 aliphatic carbocycles. The lowest BCUT2D eigenvalue weighted by Crippen LogP contribution is -2.34. The number of rotatable bonds is 6. The quantitative estimate of drug-likeness (QED) is 0.385. The normalized spacial score (nSPS) is 10.9. The molecule has 4 aromatic heterocycles. The van der Waals surface area contributed by atoms with Crippen molar-refractivity contribution >= 4 is 49.8 Å². The van der Waals surface area contributed by atoms with Gasteiger partial charge in [0.25, 0.3) is 11.5 Å². The van der Waals surface area contributed by atoms with Gasteiger partial charge in [-0.05, 0) is 24.3 Å². The molecule has 0 aliphatic heterocycles. The number of thiazole rings is 1. The molecule has 1 aromatic carbocycles. The number of thiophene rings is 1. The number of furan rings is 1. The Bertz CT molecular complexity index is 1500. The zero-order valence-corrected chi connectivity index (χ0v) is 18.5. The van der Waals surface area contributed by atoms with E-state index in [9.17, 15) is 14.4 Å². The largest absolute Gasteiger partial charge is 0.464 e. The molecule has 2 amide bonds. The molecule has 0 radical (unpaired) electrons. The van der Waals surface area contributed by atoms with E-state index in [-0.39, 0.29) is 12.3 Å². The van der Waals surface area contributed by atoms with Crippen LogP contribution < -0.4 is 16.3 Å². The Morgan fingerprint density at radius 2 is 1.91 bits per heavy atom. The first-order valence-corrected chi connectivity index (χ1v) is 11.5. The fourth-order valence-corrected chi connectivity index (χ4v) is 4.76. The maximum atomic E-state index is 13.0. The highest BCUT2D eigenvalue weighted by Gasteiger charge is 2.17. The van der Waals surface area contributed by atoms with Crippen molar-refractivity contribution in [2.75, 3.05) is 10.7 Å². The molecule has 0 aliphatic rings. The Kier molecular flexibility index (Phi) is 5.55. The number of aromatic nitrogens is 3. The lowest BCUT2D eigenvalue weighted by Gasteiger charge is -2.07. The summed E-state index contributed by atoms with van der Waals surface area (Å²) in [4.78, 5) is 46.8. The van der Waals surface area contributed by atoms with Crippen molar-refractivity contribution in [3.05, 3.63) is 87.4 Å². The van der Waals surface area contributed by atoms with E-state index in [4.69, 9.17) is 4.42 Å². The van der Waals surface area contributed by atoms with Crippen LogP contribution in [0.3, 0.4) is 0 Å². The van der Waals surface area contributed by atoms with Crippen LogP contribution in [0.15, 0.2) is 75.0 Å². The molecule has 2 N–H and O–H groups in total. The third-order valence-electron chi connectivity index (χ3n) is 4.68. The first kappa shape index (κ1) is 20.8. The Morgan fingerprint density at radius 3 is 2.70 bits per heavy atom. The summed E-state index contributed by atoms with van der Waals surface area (Å²) in [6.45, 7) is 0. The van der Waals surface area contributed by atoms with Gasteiger partial charge in [0.05, 0.1) is 23.8 Å². The number of benzene rings is 1. The molecule has 0 bridgehead atoms. The molecule has 0 fully saturated rings. The van der Waals surface area contributed by atoms with E-state index < -0.39 is 11.5 Å². The molecule has 0 atom stereocenters. The van der Waals surface area contributed by atoms with Gasteiger partial charge in [-0.2, -0.15) is 0 Å². The monoisotopic (exact) mass is 477 g/mol. The van der Waals surface area contributed by atoms with Crippen LogP contribution in [-0.2, 0) is 11.2 Å². The average molecular weight is 478 g/mol. The Balaban J connectivity index is 1.29. The average Bonchev–Trinajstić information content (AvgIpc) is 3.57. The highest BCUT2D eigenvalue weighted by Crippen LogP contribution is 2.30. The molecule has 9 nitrogen and oxygen atoms in total. The van der Waals surface area contributed by atoms with Gasteiger partial charge in [0, 0.05) is 21.9 Å². The van der Waals surface area contributed by atoms with Gasteiger partial charge in [-0.15, -0.1) is 22.7 Å². The fraction of sp³-hybridized carbons (Fsp3) is 0.0455. The summed E-state index contributed by atoms with van der Waals surface area (Å²) in [5, 5.41) is 6.94. The number of carbonyl (C=O) groups is 2. The van der Waals surface area contributed by atoms with E-state index in [1.54, 1.807) is 47.2 Å². The van der Waals surface area contributed by atoms with Gasteiger partial charge in [-0.25, -0.2) is 14.6 Å². The van der Waals surface area contributed by atoms with Crippen molar-refractivity contribution in [3.63, 3.8) is 0 Å². The molecule has 4 heterocycles. The van der Waals surface area contributed by atoms with Crippen LogP contribution in [0.5, 0.6) is 0 Å². The van der Waals surface area contributed by atoms with Gasteiger partial charge in [0.2, 0.25) is 5.91 Å². The molecule has 5 rings (SSSR count). The van der Waals surface area contributed by atoms with E-state index in [1.165, 1.54) is 35.3 Å². The van der Waals surface area contributed by atoms with Crippen molar-refractivity contribution < 1.29 is 14.0 Å². The van der Waals surface area contributed by atoms with Crippen LogP contribution in [0, 0.1) is 0 Å². The zero-order valence-electron chi connectivity index (χ0n) is 16.8. The zero-order chi connectivity index (χ0) is 22.8. The van der Waals surface area contributed by atoms with Crippen molar-refractivity contribution in [1.29, 1.82) is 0 Å². The molecule has 0 unspecified atom stereocenters. The minimum atomic E-state index is -0.445. The lowest BCUT2D eigenvalue weighted by atomic mass is 10.2. The topological polar surface area (TPSA) is 119 Å². The Labute approximate surface area is 194 Å². The summed E-state index contributed by atoms with van der Waals surface area (Å²) in [7, 11) is 0. The molecule has 0 saturated heterocycles. The molecule has 33 heavy (non-hydrogen) atoms. The third-order valence-corrected chi connectivity index (χ3v) is 6.37. The third kappa shape index (κ3) is 4.31. The summed E-state index contributed by atoms with van der Waals surface area (Å²) in [5.41, 5.74) is 3.74. The van der Waals surface area contributed by atoms with Crippen molar-refractivity contribution in [2.24, 2.45) is 0 Å². The number of hydrogen-bond donors (Lipinski definition) is 2. The first-order valence-electron chi connectivity index (χ1n) is 9.72. The summed E-state index contributed by atoms with van der Waals surface area (Å²) in [5.74, 6) is -0.175. The summed E-state index contributed by atoms with van der Waals surface area (Å²) in [6, 6.07) is 12.3.